The fourth-order valence-electron chi connectivity index (χ4n) is 2.10. The lowest BCUT2D eigenvalue weighted by Crippen LogP contribution is -2.07. The number of hydrogen-bond acceptors (Lipinski definition) is 6. The zero-order valence-electron chi connectivity index (χ0n) is 13.0. The van der Waals surface area contributed by atoms with Crippen LogP contribution in [0.1, 0.15) is 23.2 Å². The molecule has 0 unspecified atom stereocenters. The summed E-state index contributed by atoms with van der Waals surface area (Å²) in [7, 11) is 1.57. The Labute approximate surface area is 141 Å². The van der Waals surface area contributed by atoms with E-state index in [4.69, 9.17) is 9.15 Å². The van der Waals surface area contributed by atoms with Crippen molar-refractivity contribution in [1.82, 2.24) is 4.98 Å². The molecular weight excluding hydrogens is 328 g/mol. The lowest BCUT2D eigenvalue weighted by Gasteiger charge is -1.98. The highest BCUT2D eigenvalue weighted by Gasteiger charge is 2.09. The number of nitrogens with zero attached hydrogens (tertiary/aromatic N) is 1. The summed E-state index contributed by atoms with van der Waals surface area (Å²) in [6.07, 6.45) is 2.91. The smallest absolute Gasteiger partial charge is 0.250 e. The largest absolute Gasteiger partial charge is 0.493 e. The average Bonchev–Trinajstić information content (AvgIpc) is 3.18. The van der Waals surface area contributed by atoms with E-state index >= 15 is 0 Å². The number of carbonyl (C=O) groups is 2. The number of carbonyl (C=O) groups excluding carboxylic acids is 2. The monoisotopic (exact) mass is 342 g/mol. The Balaban J connectivity index is 1.72. The molecule has 24 heavy (non-hydrogen) atoms. The second kappa shape index (κ2) is 6.67. The SMILES string of the molecule is COc1cccc2cc(/C=C/C(=O)Nc3nc(C(C)=O)cs3)oc12. The number of thiazole rings is 1. The van der Waals surface area contributed by atoms with Gasteiger partial charge in [-0.25, -0.2) is 4.98 Å². The molecule has 0 atom stereocenters. The molecule has 0 aliphatic heterocycles. The van der Waals surface area contributed by atoms with E-state index in [0.717, 1.165) is 5.39 Å². The summed E-state index contributed by atoms with van der Waals surface area (Å²) in [4.78, 5) is 27.1. The molecule has 0 saturated carbocycles. The van der Waals surface area contributed by atoms with Gasteiger partial charge >= 0.3 is 0 Å². The Hall–Kier alpha value is -2.93. The van der Waals surface area contributed by atoms with Crippen LogP contribution in [0.2, 0.25) is 0 Å². The molecule has 0 aliphatic rings. The first-order chi connectivity index (χ1) is 11.6. The lowest BCUT2D eigenvalue weighted by atomic mass is 10.2. The van der Waals surface area contributed by atoms with Crippen LogP contribution in [0.25, 0.3) is 17.0 Å². The molecule has 3 aromatic rings. The number of benzene rings is 1. The predicted octanol–water partition coefficient (Wildman–Crippen LogP) is 3.75. The maximum Gasteiger partial charge on any atom is 0.250 e. The van der Waals surface area contributed by atoms with Crippen LogP contribution in [0.15, 0.2) is 40.1 Å². The van der Waals surface area contributed by atoms with Crippen molar-refractivity contribution in [2.45, 2.75) is 6.92 Å². The van der Waals surface area contributed by atoms with Crippen LogP contribution in [-0.4, -0.2) is 23.8 Å². The molecular formula is C17H14N2O4S. The van der Waals surface area contributed by atoms with Crippen LogP contribution in [0.5, 0.6) is 5.75 Å². The van der Waals surface area contributed by atoms with E-state index in [-0.39, 0.29) is 11.7 Å². The fourth-order valence-corrected chi connectivity index (χ4v) is 2.85. The van der Waals surface area contributed by atoms with E-state index < -0.39 is 0 Å². The quantitative estimate of drug-likeness (QED) is 0.564. The van der Waals surface area contributed by atoms with Crippen molar-refractivity contribution < 1.29 is 18.7 Å². The molecule has 1 aromatic carbocycles. The highest BCUT2D eigenvalue weighted by molar-refractivity contribution is 7.14. The van der Waals surface area contributed by atoms with Gasteiger partial charge in [-0.1, -0.05) is 12.1 Å². The third-order valence-electron chi connectivity index (χ3n) is 3.24. The zero-order chi connectivity index (χ0) is 17.1. The Bertz CT molecular complexity index is 939. The molecule has 0 spiro atoms. The van der Waals surface area contributed by atoms with Crippen LogP contribution in [-0.2, 0) is 4.79 Å². The van der Waals surface area contributed by atoms with Gasteiger partial charge in [0.25, 0.3) is 0 Å². The maximum absolute atomic E-state index is 11.9. The standard InChI is InChI=1S/C17H14N2O4S/c1-10(20)13-9-24-17(18-13)19-15(21)7-6-12-8-11-4-3-5-14(22-2)16(11)23-12/h3-9H,1-2H3,(H,18,19,21)/b7-6+. The third kappa shape index (κ3) is 3.36. The Kier molecular flexibility index (Phi) is 4.43. The molecule has 0 fully saturated rings. The molecule has 0 aliphatic carbocycles. The van der Waals surface area contributed by atoms with Gasteiger partial charge < -0.3 is 9.15 Å². The summed E-state index contributed by atoms with van der Waals surface area (Å²) >= 11 is 1.20. The number of methoxy groups -OCH3 is 1. The van der Waals surface area contributed by atoms with Crippen molar-refractivity contribution in [3.63, 3.8) is 0 Å². The first kappa shape index (κ1) is 15.9. The van der Waals surface area contributed by atoms with E-state index in [0.29, 0.717) is 27.9 Å². The second-order valence-corrected chi connectivity index (χ2v) is 5.80. The Morgan fingerprint density at radius 3 is 2.92 bits per heavy atom. The third-order valence-corrected chi connectivity index (χ3v) is 4.00. The van der Waals surface area contributed by atoms with E-state index in [1.807, 2.05) is 18.2 Å². The van der Waals surface area contributed by atoms with E-state index in [9.17, 15) is 9.59 Å². The number of rotatable bonds is 5. The highest BCUT2D eigenvalue weighted by atomic mass is 32.1. The van der Waals surface area contributed by atoms with Crippen molar-refractivity contribution >= 4 is 45.2 Å². The van der Waals surface area contributed by atoms with E-state index in [1.54, 1.807) is 24.6 Å². The molecule has 2 aromatic heterocycles. The average molecular weight is 342 g/mol. The zero-order valence-corrected chi connectivity index (χ0v) is 13.8. The minimum atomic E-state index is -0.355. The number of Topliss-reactive ketones (excluding diaryl/α,β-unsaturated/α-hetero) is 1. The van der Waals surface area contributed by atoms with Gasteiger partial charge in [-0.3, -0.25) is 14.9 Å². The normalized spacial score (nSPS) is 11.1. The van der Waals surface area contributed by atoms with Crippen LogP contribution >= 0.6 is 11.3 Å². The van der Waals surface area contributed by atoms with Crippen molar-refractivity contribution in [1.29, 1.82) is 0 Å². The van der Waals surface area contributed by atoms with E-state index in [1.165, 1.54) is 24.3 Å². The minimum absolute atomic E-state index is 0.140. The van der Waals surface area contributed by atoms with Crippen LogP contribution in [0.4, 0.5) is 5.13 Å². The molecule has 2 heterocycles. The minimum Gasteiger partial charge on any atom is -0.493 e. The van der Waals surface area contributed by atoms with Gasteiger partial charge in [-0.2, -0.15) is 0 Å². The maximum atomic E-state index is 11.9. The lowest BCUT2D eigenvalue weighted by molar-refractivity contribution is -0.111. The summed E-state index contributed by atoms with van der Waals surface area (Å²) in [6.45, 7) is 1.43. The van der Waals surface area contributed by atoms with Gasteiger partial charge in [0.1, 0.15) is 11.5 Å². The fraction of sp³-hybridized carbons (Fsp3) is 0.118. The van der Waals surface area contributed by atoms with Gasteiger partial charge in [-0.15, -0.1) is 11.3 Å². The summed E-state index contributed by atoms with van der Waals surface area (Å²) in [5, 5.41) is 5.48. The van der Waals surface area contributed by atoms with Gasteiger partial charge in [0.05, 0.1) is 7.11 Å². The highest BCUT2D eigenvalue weighted by Crippen LogP contribution is 2.28. The summed E-state index contributed by atoms with van der Waals surface area (Å²) in [6, 6.07) is 7.39. The van der Waals surface area contributed by atoms with E-state index in [2.05, 4.69) is 10.3 Å². The number of amides is 1. The molecule has 1 N–H and O–H groups in total. The van der Waals surface area contributed by atoms with Crippen molar-refractivity contribution in [3.8, 4) is 5.75 Å². The van der Waals surface area contributed by atoms with Gasteiger partial charge in [0.2, 0.25) is 5.91 Å². The van der Waals surface area contributed by atoms with Crippen molar-refractivity contribution in [3.05, 3.63) is 47.2 Å². The summed E-state index contributed by atoms with van der Waals surface area (Å²) in [5.74, 6) is 0.676. The molecule has 1 amide bonds. The number of furan rings is 1. The number of ether oxygens (including phenoxy) is 1. The predicted molar refractivity (Wildman–Crippen MR) is 92.5 cm³/mol. The molecule has 7 heteroatoms. The topological polar surface area (TPSA) is 81.4 Å². The van der Waals surface area contributed by atoms with Crippen LogP contribution in [0, 0.1) is 0 Å². The molecule has 0 saturated heterocycles. The molecule has 0 radical (unpaired) electrons. The summed E-state index contributed by atoms with van der Waals surface area (Å²) < 4.78 is 10.9. The Morgan fingerprint density at radius 1 is 1.38 bits per heavy atom. The number of aromatic nitrogens is 1. The number of nitrogens with one attached hydrogen (secondary N) is 1. The van der Waals surface area contributed by atoms with Gasteiger partial charge in [0.15, 0.2) is 22.2 Å². The Morgan fingerprint density at radius 2 is 2.21 bits per heavy atom. The number of anilines is 1. The number of ketones is 1. The van der Waals surface area contributed by atoms with Crippen molar-refractivity contribution in [2.75, 3.05) is 12.4 Å². The number of fused-ring (bicyclic) bond motifs is 1. The first-order valence-electron chi connectivity index (χ1n) is 7.09. The van der Waals surface area contributed by atoms with Gasteiger partial charge in [-0.05, 0) is 18.2 Å². The second-order valence-electron chi connectivity index (χ2n) is 4.94. The summed E-state index contributed by atoms with van der Waals surface area (Å²) in [5.41, 5.74) is 0.967. The van der Waals surface area contributed by atoms with Crippen molar-refractivity contribution in [2.24, 2.45) is 0 Å². The molecule has 122 valence electrons. The number of hydrogen-bond donors (Lipinski definition) is 1. The first-order valence-corrected chi connectivity index (χ1v) is 7.97. The van der Waals surface area contributed by atoms with Gasteiger partial charge in [0, 0.05) is 23.8 Å². The van der Waals surface area contributed by atoms with Crippen LogP contribution < -0.4 is 10.1 Å². The molecule has 6 nitrogen and oxygen atoms in total. The molecule has 0 bridgehead atoms. The molecule has 3 rings (SSSR count). The van der Waals surface area contributed by atoms with Crippen LogP contribution in [0.3, 0.4) is 0 Å². The number of para-hydroxylation sites is 1.